The van der Waals surface area contributed by atoms with Crippen LogP contribution in [0.1, 0.15) is 39.2 Å². The number of alkyl halides is 1. The molecule has 1 amide bonds. The van der Waals surface area contributed by atoms with E-state index in [9.17, 15) is 4.79 Å². The Balaban J connectivity index is 2.65. The molecule has 0 saturated heterocycles. The van der Waals surface area contributed by atoms with Gasteiger partial charge in [-0.15, -0.1) is 0 Å². The molecule has 1 aromatic rings. The van der Waals surface area contributed by atoms with Crippen LogP contribution in [0.3, 0.4) is 0 Å². The van der Waals surface area contributed by atoms with Crippen molar-refractivity contribution >= 4 is 21.8 Å². The summed E-state index contributed by atoms with van der Waals surface area (Å²) in [7, 11) is 0. The fourth-order valence-corrected chi connectivity index (χ4v) is 2.17. The average molecular weight is 312 g/mol. The topological polar surface area (TPSA) is 29.1 Å². The van der Waals surface area contributed by atoms with Crippen molar-refractivity contribution in [1.29, 1.82) is 0 Å². The zero-order valence-corrected chi connectivity index (χ0v) is 13.0. The fraction of sp³-hybridized carbons (Fsp3) is 0.533. The second-order valence-electron chi connectivity index (χ2n) is 5.20. The lowest BCUT2D eigenvalue weighted by molar-refractivity contribution is -0.126. The third kappa shape index (κ3) is 4.13. The Morgan fingerprint density at radius 2 is 1.94 bits per heavy atom. The molecule has 1 atom stereocenters. The number of nitrogens with one attached hydrogen (secondary N) is 1. The molecule has 3 heteroatoms. The molecule has 0 bridgehead atoms. The quantitative estimate of drug-likeness (QED) is 0.798. The standard InChI is InChI=1S/C15H22BrNO/c1-12(8-7-11-16)17-14(18)15(2,3)13-9-5-4-6-10-13/h4-6,9-10,12H,7-8,11H2,1-3H3,(H,17,18). The molecule has 2 nitrogen and oxygen atoms in total. The SMILES string of the molecule is CC(CCCBr)NC(=O)C(C)(C)c1ccccc1. The maximum absolute atomic E-state index is 12.3. The van der Waals surface area contributed by atoms with Gasteiger partial charge in [-0.2, -0.15) is 0 Å². The van der Waals surface area contributed by atoms with Crippen molar-refractivity contribution in [2.45, 2.75) is 45.1 Å². The summed E-state index contributed by atoms with van der Waals surface area (Å²) in [4.78, 5) is 12.3. The zero-order chi connectivity index (χ0) is 13.6. The Morgan fingerprint density at radius 3 is 2.50 bits per heavy atom. The normalized spacial score (nSPS) is 13.1. The first-order valence-corrected chi connectivity index (χ1v) is 7.53. The first-order chi connectivity index (χ1) is 8.48. The number of rotatable bonds is 6. The van der Waals surface area contributed by atoms with E-state index in [2.05, 4.69) is 28.2 Å². The minimum Gasteiger partial charge on any atom is -0.353 e. The number of carbonyl (C=O) groups is 1. The highest BCUT2D eigenvalue weighted by molar-refractivity contribution is 9.09. The van der Waals surface area contributed by atoms with Crippen molar-refractivity contribution in [2.75, 3.05) is 5.33 Å². The summed E-state index contributed by atoms with van der Waals surface area (Å²) >= 11 is 3.41. The van der Waals surface area contributed by atoms with Gasteiger partial charge in [-0.25, -0.2) is 0 Å². The van der Waals surface area contributed by atoms with Crippen LogP contribution in [0.2, 0.25) is 0 Å². The van der Waals surface area contributed by atoms with Crippen molar-refractivity contribution in [3.8, 4) is 0 Å². The summed E-state index contributed by atoms with van der Waals surface area (Å²) in [5, 5.41) is 4.08. The summed E-state index contributed by atoms with van der Waals surface area (Å²) in [5.41, 5.74) is 0.569. The molecule has 0 aliphatic rings. The summed E-state index contributed by atoms with van der Waals surface area (Å²) < 4.78 is 0. The lowest BCUT2D eigenvalue weighted by Crippen LogP contribution is -2.44. The molecule has 0 saturated carbocycles. The summed E-state index contributed by atoms with van der Waals surface area (Å²) in [5.74, 6) is 0.0933. The first kappa shape index (κ1) is 15.2. The van der Waals surface area contributed by atoms with Crippen LogP contribution in [0.25, 0.3) is 0 Å². The molecule has 0 heterocycles. The van der Waals surface area contributed by atoms with Crippen LogP contribution in [0.15, 0.2) is 30.3 Å². The van der Waals surface area contributed by atoms with E-state index in [0.717, 1.165) is 23.7 Å². The third-order valence-electron chi connectivity index (χ3n) is 3.21. The van der Waals surface area contributed by atoms with Gasteiger partial charge >= 0.3 is 0 Å². The van der Waals surface area contributed by atoms with Crippen LogP contribution < -0.4 is 5.32 Å². The summed E-state index contributed by atoms with van der Waals surface area (Å²) in [6.07, 6.45) is 2.08. The molecular weight excluding hydrogens is 290 g/mol. The molecule has 0 spiro atoms. The van der Waals surface area contributed by atoms with Gasteiger partial charge in [0.15, 0.2) is 0 Å². The van der Waals surface area contributed by atoms with Crippen molar-refractivity contribution < 1.29 is 4.79 Å². The van der Waals surface area contributed by atoms with Crippen molar-refractivity contribution in [1.82, 2.24) is 5.32 Å². The number of halogens is 1. The van der Waals surface area contributed by atoms with Gasteiger partial charge in [0.25, 0.3) is 0 Å². The molecule has 1 aromatic carbocycles. The first-order valence-electron chi connectivity index (χ1n) is 6.41. The van der Waals surface area contributed by atoms with Crippen LogP contribution in [0, 0.1) is 0 Å². The second kappa shape index (κ2) is 6.93. The Labute approximate surface area is 118 Å². The van der Waals surface area contributed by atoms with E-state index in [1.807, 2.05) is 44.2 Å². The Morgan fingerprint density at radius 1 is 1.33 bits per heavy atom. The maximum Gasteiger partial charge on any atom is 0.230 e. The molecule has 1 N–H and O–H groups in total. The van der Waals surface area contributed by atoms with E-state index in [-0.39, 0.29) is 11.9 Å². The van der Waals surface area contributed by atoms with Gasteiger partial charge in [-0.05, 0) is 39.2 Å². The number of amides is 1. The Kier molecular flexibility index (Phi) is 5.86. The van der Waals surface area contributed by atoms with E-state index in [1.54, 1.807) is 0 Å². The van der Waals surface area contributed by atoms with Gasteiger partial charge in [-0.3, -0.25) is 4.79 Å². The van der Waals surface area contributed by atoms with Gasteiger partial charge in [0, 0.05) is 11.4 Å². The van der Waals surface area contributed by atoms with Gasteiger partial charge in [0.05, 0.1) is 5.41 Å². The predicted molar refractivity (Wildman–Crippen MR) is 80.1 cm³/mol. The maximum atomic E-state index is 12.3. The predicted octanol–water partition coefficient (Wildman–Crippen LogP) is 3.64. The Hall–Kier alpha value is -0.830. The zero-order valence-electron chi connectivity index (χ0n) is 11.4. The molecule has 0 radical (unpaired) electrons. The number of benzene rings is 1. The van der Waals surface area contributed by atoms with Gasteiger partial charge in [-0.1, -0.05) is 46.3 Å². The van der Waals surface area contributed by atoms with E-state index in [4.69, 9.17) is 0 Å². The summed E-state index contributed by atoms with van der Waals surface area (Å²) in [6, 6.07) is 10.1. The van der Waals surface area contributed by atoms with Crippen LogP contribution in [0.4, 0.5) is 0 Å². The number of hydrogen-bond acceptors (Lipinski definition) is 1. The Bertz CT molecular complexity index is 375. The smallest absolute Gasteiger partial charge is 0.230 e. The molecule has 1 unspecified atom stereocenters. The highest BCUT2D eigenvalue weighted by Crippen LogP contribution is 2.23. The second-order valence-corrected chi connectivity index (χ2v) is 5.99. The minimum absolute atomic E-state index is 0.0933. The van der Waals surface area contributed by atoms with E-state index >= 15 is 0 Å². The monoisotopic (exact) mass is 311 g/mol. The lowest BCUT2D eigenvalue weighted by Gasteiger charge is -2.26. The van der Waals surface area contributed by atoms with Crippen LogP contribution >= 0.6 is 15.9 Å². The fourth-order valence-electron chi connectivity index (χ4n) is 1.85. The van der Waals surface area contributed by atoms with Crippen molar-refractivity contribution in [2.24, 2.45) is 0 Å². The molecule has 0 aromatic heterocycles. The van der Waals surface area contributed by atoms with E-state index < -0.39 is 5.41 Å². The van der Waals surface area contributed by atoms with Crippen molar-refractivity contribution in [3.63, 3.8) is 0 Å². The third-order valence-corrected chi connectivity index (χ3v) is 3.77. The molecule has 0 fully saturated rings. The van der Waals surface area contributed by atoms with Crippen LogP contribution in [0.5, 0.6) is 0 Å². The molecule has 100 valence electrons. The number of hydrogen-bond donors (Lipinski definition) is 1. The molecule has 1 rings (SSSR count). The van der Waals surface area contributed by atoms with Crippen molar-refractivity contribution in [3.05, 3.63) is 35.9 Å². The molecule has 18 heavy (non-hydrogen) atoms. The van der Waals surface area contributed by atoms with Crippen LogP contribution in [-0.2, 0) is 10.2 Å². The molecular formula is C15H22BrNO. The van der Waals surface area contributed by atoms with Gasteiger partial charge < -0.3 is 5.32 Å². The minimum atomic E-state index is -0.482. The average Bonchev–Trinajstić information content (AvgIpc) is 2.37. The van der Waals surface area contributed by atoms with E-state index in [1.165, 1.54) is 0 Å². The van der Waals surface area contributed by atoms with Gasteiger partial charge in [0.2, 0.25) is 5.91 Å². The lowest BCUT2D eigenvalue weighted by atomic mass is 9.83. The highest BCUT2D eigenvalue weighted by atomic mass is 79.9. The molecule has 0 aliphatic heterocycles. The number of carbonyl (C=O) groups excluding carboxylic acids is 1. The largest absolute Gasteiger partial charge is 0.353 e. The van der Waals surface area contributed by atoms with Crippen LogP contribution in [-0.4, -0.2) is 17.3 Å². The van der Waals surface area contributed by atoms with Gasteiger partial charge in [0.1, 0.15) is 0 Å². The summed E-state index contributed by atoms with van der Waals surface area (Å²) in [6.45, 7) is 5.99. The van der Waals surface area contributed by atoms with E-state index in [0.29, 0.717) is 0 Å². The molecule has 0 aliphatic carbocycles. The highest BCUT2D eigenvalue weighted by Gasteiger charge is 2.30.